The SMILES string of the molecule is CNCCNc1cc2nccc(C3CCCN(Cc4ccccc4)C3)n2n1. The molecule has 0 bridgehead atoms. The second-order valence-electron chi connectivity index (χ2n) is 7.26. The lowest BCUT2D eigenvalue weighted by molar-refractivity contribution is 0.197. The van der Waals surface area contributed by atoms with E-state index < -0.39 is 0 Å². The van der Waals surface area contributed by atoms with Crippen LogP contribution in [0.4, 0.5) is 5.82 Å². The van der Waals surface area contributed by atoms with E-state index in [0.717, 1.165) is 44.2 Å². The van der Waals surface area contributed by atoms with Gasteiger partial charge in [0.25, 0.3) is 0 Å². The maximum absolute atomic E-state index is 4.77. The van der Waals surface area contributed by atoms with Gasteiger partial charge in [-0.3, -0.25) is 4.90 Å². The zero-order valence-corrected chi connectivity index (χ0v) is 15.9. The van der Waals surface area contributed by atoms with E-state index in [1.165, 1.54) is 24.1 Å². The molecule has 1 unspecified atom stereocenters. The van der Waals surface area contributed by atoms with Crippen LogP contribution in [-0.2, 0) is 6.54 Å². The summed E-state index contributed by atoms with van der Waals surface area (Å²) in [5.74, 6) is 1.38. The number of anilines is 1. The lowest BCUT2D eigenvalue weighted by Crippen LogP contribution is -2.34. The largest absolute Gasteiger partial charge is 0.367 e. The summed E-state index contributed by atoms with van der Waals surface area (Å²) in [5, 5.41) is 11.3. The van der Waals surface area contributed by atoms with Crippen molar-refractivity contribution in [3.63, 3.8) is 0 Å². The number of rotatable bonds is 7. The second-order valence-corrected chi connectivity index (χ2v) is 7.26. The van der Waals surface area contributed by atoms with Gasteiger partial charge in [-0.05, 0) is 38.1 Å². The summed E-state index contributed by atoms with van der Waals surface area (Å²) >= 11 is 0. The minimum atomic E-state index is 0.484. The van der Waals surface area contributed by atoms with Crippen LogP contribution in [-0.4, -0.2) is 52.7 Å². The Morgan fingerprint density at radius 1 is 1.15 bits per heavy atom. The molecule has 2 aromatic heterocycles. The summed E-state index contributed by atoms with van der Waals surface area (Å²) in [7, 11) is 1.95. The fourth-order valence-corrected chi connectivity index (χ4v) is 3.91. The molecular formula is C21H28N6. The Morgan fingerprint density at radius 2 is 2.04 bits per heavy atom. The van der Waals surface area contributed by atoms with Crippen LogP contribution in [0.5, 0.6) is 0 Å². The van der Waals surface area contributed by atoms with Crippen molar-refractivity contribution in [1.82, 2.24) is 24.8 Å². The first kappa shape index (κ1) is 17.9. The molecule has 3 aromatic rings. The molecule has 0 amide bonds. The summed E-state index contributed by atoms with van der Waals surface area (Å²) in [6, 6.07) is 14.9. The number of likely N-dealkylation sites (N-methyl/N-ethyl adjacent to an activating group) is 1. The number of hydrogen-bond donors (Lipinski definition) is 2. The van der Waals surface area contributed by atoms with Crippen LogP contribution >= 0.6 is 0 Å². The van der Waals surface area contributed by atoms with E-state index in [1.807, 2.05) is 23.8 Å². The summed E-state index contributed by atoms with van der Waals surface area (Å²) in [4.78, 5) is 7.06. The Bertz CT molecular complexity index is 859. The molecule has 0 radical (unpaired) electrons. The third-order valence-electron chi connectivity index (χ3n) is 5.24. The van der Waals surface area contributed by atoms with Gasteiger partial charge in [0.2, 0.25) is 0 Å². The molecule has 1 aromatic carbocycles. The van der Waals surface area contributed by atoms with E-state index in [9.17, 15) is 0 Å². The Labute approximate surface area is 160 Å². The Kier molecular flexibility index (Phi) is 5.65. The molecule has 1 aliphatic heterocycles. The van der Waals surface area contributed by atoms with Crippen LogP contribution in [0.2, 0.25) is 0 Å². The number of nitrogens with one attached hydrogen (secondary N) is 2. The number of piperidine rings is 1. The average Bonchev–Trinajstić information content (AvgIpc) is 3.12. The van der Waals surface area contributed by atoms with E-state index in [4.69, 9.17) is 5.10 Å². The molecule has 6 heteroatoms. The van der Waals surface area contributed by atoms with Crippen molar-refractivity contribution < 1.29 is 0 Å². The molecule has 4 rings (SSSR count). The van der Waals surface area contributed by atoms with Crippen molar-refractivity contribution in [3.05, 3.63) is 59.9 Å². The Morgan fingerprint density at radius 3 is 2.89 bits per heavy atom. The number of hydrogen-bond acceptors (Lipinski definition) is 5. The molecule has 6 nitrogen and oxygen atoms in total. The molecular weight excluding hydrogens is 336 g/mol. The average molecular weight is 364 g/mol. The van der Waals surface area contributed by atoms with E-state index in [0.29, 0.717) is 5.92 Å². The third-order valence-corrected chi connectivity index (χ3v) is 5.24. The smallest absolute Gasteiger partial charge is 0.157 e. The third kappa shape index (κ3) is 4.28. The monoisotopic (exact) mass is 364 g/mol. The van der Waals surface area contributed by atoms with Crippen molar-refractivity contribution in [2.75, 3.05) is 38.5 Å². The zero-order chi connectivity index (χ0) is 18.5. The number of fused-ring (bicyclic) bond motifs is 1. The summed E-state index contributed by atoms with van der Waals surface area (Å²) < 4.78 is 2.03. The predicted molar refractivity (Wildman–Crippen MR) is 109 cm³/mol. The summed E-state index contributed by atoms with van der Waals surface area (Å²) in [6.45, 7) is 5.00. The topological polar surface area (TPSA) is 57.5 Å². The van der Waals surface area contributed by atoms with Gasteiger partial charge in [0.15, 0.2) is 11.5 Å². The molecule has 142 valence electrons. The van der Waals surface area contributed by atoms with Crippen molar-refractivity contribution in [2.24, 2.45) is 0 Å². The highest BCUT2D eigenvalue weighted by Gasteiger charge is 2.24. The highest BCUT2D eigenvalue weighted by molar-refractivity contribution is 5.51. The van der Waals surface area contributed by atoms with Gasteiger partial charge in [-0.1, -0.05) is 30.3 Å². The summed E-state index contributed by atoms with van der Waals surface area (Å²) in [5.41, 5.74) is 3.56. The van der Waals surface area contributed by atoms with Crippen LogP contribution in [0, 0.1) is 0 Å². The van der Waals surface area contributed by atoms with Crippen LogP contribution in [0.15, 0.2) is 48.7 Å². The fourth-order valence-electron chi connectivity index (χ4n) is 3.91. The number of nitrogens with zero attached hydrogens (tertiary/aromatic N) is 4. The molecule has 1 atom stereocenters. The van der Waals surface area contributed by atoms with E-state index in [1.54, 1.807) is 0 Å². The zero-order valence-electron chi connectivity index (χ0n) is 15.9. The van der Waals surface area contributed by atoms with E-state index >= 15 is 0 Å². The number of aromatic nitrogens is 3. The van der Waals surface area contributed by atoms with Gasteiger partial charge < -0.3 is 10.6 Å². The van der Waals surface area contributed by atoms with Crippen LogP contribution < -0.4 is 10.6 Å². The van der Waals surface area contributed by atoms with Gasteiger partial charge in [-0.25, -0.2) is 9.50 Å². The molecule has 27 heavy (non-hydrogen) atoms. The van der Waals surface area contributed by atoms with E-state index in [2.05, 4.69) is 56.9 Å². The van der Waals surface area contributed by atoms with Crippen LogP contribution in [0.1, 0.15) is 30.0 Å². The van der Waals surface area contributed by atoms with Crippen molar-refractivity contribution in [3.8, 4) is 0 Å². The van der Waals surface area contributed by atoms with Crippen molar-refractivity contribution in [2.45, 2.75) is 25.3 Å². The van der Waals surface area contributed by atoms with Gasteiger partial charge in [0, 0.05) is 44.4 Å². The molecule has 0 aliphatic carbocycles. The fraction of sp³-hybridized carbons (Fsp3) is 0.429. The first-order chi connectivity index (χ1) is 13.3. The lowest BCUT2D eigenvalue weighted by Gasteiger charge is -2.33. The molecule has 1 aliphatic rings. The maximum Gasteiger partial charge on any atom is 0.157 e. The highest BCUT2D eigenvalue weighted by Crippen LogP contribution is 2.28. The second kappa shape index (κ2) is 8.50. The Hall–Kier alpha value is -2.44. The maximum atomic E-state index is 4.77. The minimum Gasteiger partial charge on any atom is -0.367 e. The molecule has 1 saturated heterocycles. The predicted octanol–water partition coefficient (Wildman–Crippen LogP) is 2.74. The number of benzene rings is 1. The van der Waals surface area contributed by atoms with Gasteiger partial charge in [0.1, 0.15) is 0 Å². The summed E-state index contributed by atoms with van der Waals surface area (Å²) in [6.07, 6.45) is 4.34. The Balaban J connectivity index is 1.50. The lowest BCUT2D eigenvalue weighted by atomic mass is 9.94. The van der Waals surface area contributed by atoms with Crippen molar-refractivity contribution >= 4 is 11.5 Å². The first-order valence-corrected chi connectivity index (χ1v) is 9.83. The van der Waals surface area contributed by atoms with Gasteiger partial charge >= 0.3 is 0 Å². The van der Waals surface area contributed by atoms with Gasteiger partial charge in [0.05, 0.1) is 5.69 Å². The molecule has 0 saturated carbocycles. The normalized spacial score (nSPS) is 18.0. The molecule has 3 heterocycles. The van der Waals surface area contributed by atoms with E-state index in [-0.39, 0.29) is 0 Å². The number of likely N-dealkylation sites (tertiary alicyclic amines) is 1. The molecule has 1 fully saturated rings. The quantitative estimate of drug-likeness (QED) is 0.632. The van der Waals surface area contributed by atoms with Gasteiger partial charge in [-0.2, -0.15) is 0 Å². The molecule has 2 N–H and O–H groups in total. The standard InChI is InChI=1S/C21H28N6/c1-22-11-12-23-20-14-21-24-10-9-19(27(21)25-20)18-8-5-13-26(16-18)15-17-6-3-2-4-7-17/h2-4,6-7,9-10,14,18,22H,5,8,11-13,15-16H2,1H3,(H,23,25). The van der Waals surface area contributed by atoms with Crippen molar-refractivity contribution in [1.29, 1.82) is 0 Å². The minimum absolute atomic E-state index is 0.484. The highest BCUT2D eigenvalue weighted by atomic mass is 15.3. The first-order valence-electron chi connectivity index (χ1n) is 9.83. The molecule has 0 spiro atoms. The van der Waals surface area contributed by atoms with Crippen LogP contribution in [0.25, 0.3) is 5.65 Å². The van der Waals surface area contributed by atoms with Gasteiger partial charge in [-0.15, -0.1) is 5.10 Å². The van der Waals surface area contributed by atoms with Crippen LogP contribution in [0.3, 0.4) is 0 Å².